The predicted octanol–water partition coefficient (Wildman–Crippen LogP) is 4.45. The van der Waals surface area contributed by atoms with Crippen LogP contribution in [0.25, 0.3) is 10.9 Å². The Morgan fingerprint density at radius 3 is 2.37 bits per heavy atom. The zero-order valence-electron chi connectivity index (χ0n) is 16.2. The molecule has 0 saturated carbocycles. The zero-order chi connectivity index (χ0) is 20.9. The van der Waals surface area contributed by atoms with Crippen molar-refractivity contribution in [1.29, 1.82) is 0 Å². The number of hydrogen-bond donors (Lipinski definition) is 1. The number of fused-ring (bicyclic) bond motifs is 1. The minimum Gasteiger partial charge on any atom is -0.345 e. The van der Waals surface area contributed by atoms with E-state index in [1.165, 1.54) is 6.20 Å². The van der Waals surface area contributed by atoms with Crippen LogP contribution in [-0.2, 0) is 11.3 Å². The largest absolute Gasteiger partial charge is 0.345 e. The number of carbonyl (C=O) groups is 1. The van der Waals surface area contributed by atoms with Gasteiger partial charge in [0.25, 0.3) is 0 Å². The smallest absolute Gasteiger partial charge is 0.222 e. The van der Waals surface area contributed by atoms with Gasteiger partial charge < -0.3 is 5.32 Å². The molecule has 0 spiro atoms. The van der Waals surface area contributed by atoms with Gasteiger partial charge in [0.05, 0.1) is 24.3 Å². The van der Waals surface area contributed by atoms with E-state index < -0.39 is 0 Å². The van der Waals surface area contributed by atoms with E-state index >= 15 is 0 Å². The fraction of sp³-hybridized carbons (Fsp3) is 0.125. The molecule has 150 valence electrons. The van der Waals surface area contributed by atoms with Gasteiger partial charge in [-0.3, -0.25) is 14.3 Å². The van der Waals surface area contributed by atoms with E-state index in [0.29, 0.717) is 11.9 Å². The van der Waals surface area contributed by atoms with Crippen LogP contribution in [0, 0.1) is 0 Å². The topological polar surface area (TPSA) is 64.0 Å². The Hall–Kier alpha value is -3.25. The second-order valence-electron chi connectivity index (χ2n) is 6.96. The molecular weight excluding hydrogens is 442 g/mol. The second-order valence-corrected chi connectivity index (χ2v) is 7.88. The van der Waals surface area contributed by atoms with Gasteiger partial charge in [-0.1, -0.05) is 70.5 Å². The van der Waals surface area contributed by atoms with Gasteiger partial charge in [-0.05, 0) is 35.4 Å². The van der Waals surface area contributed by atoms with Gasteiger partial charge >= 0.3 is 0 Å². The highest BCUT2D eigenvalue weighted by molar-refractivity contribution is 9.10. The van der Waals surface area contributed by atoms with Gasteiger partial charge in [-0.2, -0.15) is 5.10 Å². The highest BCUT2D eigenvalue weighted by Gasteiger charge is 2.17. The molecule has 1 atom stereocenters. The third-order valence-corrected chi connectivity index (χ3v) is 5.48. The number of halogens is 1. The fourth-order valence-electron chi connectivity index (χ4n) is 3.44. The molecule has 0 bridgehead atoms. The highest BCUT2D eigenvalue weighted by Crippen LogP contribution is 2.24. The zero-order valence-corrected chi connectivity index (χ0v) is 17.7. The minimum absolute atomic E-state index is 0.0867. The number of carbonyl (C=O) groups excluding carboxylic acids is 1. The van der Waals surface area contributed by atoms with Crippen molar-refractivity contribution in [3.63, 3.8) is 0 Å². The van der Waals surface area contributed by atoms with Crippen molar-refractivity contribution < 1.29 is 4.79 Å². The van der Waals surface area contributed by atoms with Crippen LogP contribution >= 0.6 is 15.9 Å². The third kappa shape index (κ3) is 4.49. The van der Waals surface area contributed by atoms with Crippen molar-refractivity contribution >= 4 is 32.7 Å². The Morgan fingerprint density at radius 2 is 1.60 bits per heavy atom. The average molecular weight is 462 g/mol. The van der Waals surface area contributed by atoms with Crippen molar-refractivity contribution in [3.05, 3.63) is 111 Å². The lowest BCUT2D eigenvalue weighted by molar-refractivity contribution is -0.121. The lowest BCUT2D eigenvalue weighted by Gasteiger charge is -2.20. The normalized spacial score (nSPS) is 11.9. The predicted molar refractivity (Wildman–Crippen MR) is 121 cm³/mol. The molecule has 1 heterocycles. The van der Waals surface area contributed by atoms with E-state index in [9.17, 15) is 9.59 Å². The molecular formula is C24H20BrN3O2. The minimum atomic E-state index is -0.245. The number of hydrogen-bond acceptors (Lipinski definition) is 3. The molecule has 0 radical (unpaired) electrons. The number of nitrogens with zero attached hydrogens (tertiary/aromatic N) is 2. The van der Waals surface area contributed by atoms with E-state index in [1.54, 1.807) is 10.7 Å². The van der Waals surface area contributed by atoms with Crippen molar-refractivity contribution in [2.24, 2.45) is 0 Å². The Kier molecular flexibility index (Phi) is 6.05. The molecule has 1 amide bonds. The Balaban J connectivity index is 1.53. The molecule has 0 aliphatic rings. The van der Waals surface area contributed by atoms with E-state index in [1.807, 2.05) is 72.8 Å². The quantitative estimate of drug-likeness (QED) is 0.461. The second kappa shape index (κ2) is 9.05. The maximum atomic E-state index is 12.8. The van der Waals surface area contributed by atoms with E-state index in [2.05, 4.69) is 26.3 Å². The van der Waals surface area contributed by atoms with Crippen LogP contribution in [0.4, 0.5) is 0 Å². The van der Waals surface area contributed by atoms with Crippen LogP contribution in [0.15, 0.2) is 94.3 Å². The number of rotatable bonds is 6. The van der Waals surface area contributed by atoms with Gasteiger partial charge in [-0.15, -0.1) is 0 Å². The van der Waals surface area contributed by atoms with Crippen LogP contribution in [0.5, 0.6) is 0 Å². The van der Waals surface area contributed by atoms with Gasteiger partial charge in [0.1, 0.15) is 0 Å². The van der Waals surface area contributed by atoms with Crippen LogP contribution in [-0.4, -0.2) is 15.7 Å². The summed E-state index contributed by atoms with van der Waals surface area (Å²) in [5.74, 6) is -0.0867. The first kappa shape index (κ1) is 20.0. The maximum absolute atomic E-state index is 12.8. The molecule has 3 aromatic carbocycles. The number of aromatic nitrogens is 2. The van der Waals surface area contributed by atoms with Gasteiger partial charge in [-0.25, -0.2) is 0 Å². The Bertz CT molecular complexity index is 1220. The molecule has 1 N–H and O–H groups in total. The third-order valence-electron chi connectivity index (χ3n) is 4.95. The molecule has 0 saturated heterocycles. The molecule has 5 nitrogen and oxygen atoms in total. The van der Waals surface area contributed by atoms with Crippen LogP contribution in [0.3, 0.4) is 0 Å². The number of nitrogens with one attached hydrogen (secondary N) is 1. The molecule has 0 aliphatic carbocycles. The van der Waals surface area contributed by atoms with E-state index in [0.717, 1.165) is 21.1 Å². The molecule has 6 heteroatoms. The van der Waals surface area contributed by atoms with Crippen molar-refractivity contribution in [2.75, 3.05) is 0 Å². The summed E-state index contributed by atoms with van der Waals surface area (Å²) in [4.78, 5) is 24.8. The molecule has 4 aromatic rings. The van der Waals surface area contributed by atoms with Crippen molar-refractivity contribution in [3.8, 4) is 0 Å². The summed E-state index contributed by atoms with van der Waals surface area (Å²) in [5.41, 5.74) is 2.63. The average Bonchev–Trinajstić information content (AvgIpc) is 2.78. The number of benzene rings is 3. The summed E-state index contributed by atoms with van der Waals surface area (Å²) in [7, 11) is 0. The van der Waals surface area contributed by atoms with Gasteiger partial charge in [0.2, 0.25) is 11.3 Å². The number of aryl methyl sites for hydroxylation is 1. The summed E-state index contributed by atoms with van der Waals surface area (Å²) >= 11 is 3.46. The van der Waals surface area contributed by atoms with Crippen LogP contribution in [0.2, 0.25) is 0 Å². The first-order valence-corrected chi connectivity index (χ1v) is 10.5. The first-order chi connectivity index (χ1) is 14.6. The SMILES string of the molecule is O=C(CCn1ncc(=O)c2ccccc21)N[C@H](c1ccccc1)c1ccc(Br)cc1. The summed E-state index contributed by atoms with van der Waals surface area (Å²) in [5, 5.41) is 7.95. The Morgan fingerprint density at radius 1 is 0.933 bits per heavy atom. The molecule has 4 rings (SSSR count). The van der Waals surface area contributed by atoms with Crippen molar-refractivity contribution in [2.45, 2.75) is 19.0 Å². The van der Waals surface area contributed by atoms with Crippen LogP contribution < -0.4 is 10.7 Å². The summed E-state index contributed by atoms with van der Waals surface area (Å²) in [6, 6.07) is 24.9. The lowest BCUT2D eigenvalue weighted by atomic mass is 9.98. The summed E-state index contributed by atoms with van der Waals surface area (Å²) < 4.78 is 2.69. The maximum Gasteiger partial charge on any atom is 0.222 e. The monoisotopic (exact) mass is 461 g/mol. The van der Waals surface area contributed by atoms with Crippen molar-refractivity contribution in [1.82, 2.24) is 15.1 Å². The fourth-order valence-corrected chi connectivity index (χ4v) is 3.70. The molecule has 0 aliphatic heterocycles. The molecule has 30 heavy (non-hydrogen) atoms. The van der Waals surface area contributed by atoms with Crippen LogP contribution in [0.1, 0.15) is 23.6 Å². The Labute approximate surface area is 182 Å². The standard InChI is InChI=1S/C24H20BrN3O2/c25-19-12-10-18(11-13-19)24(17-6-2-1-3-7-17)27-23(30)14-15-28-21-9-5-4-8-20(21)22(29)16-26-28/h1-13,16,24H,14-15H2,(H,27,30)/t24-/m1/s1. The number of amides is 1. The number of para-hydroxylation sites is 1. The first-order valence-electron chi connectivity index (χ1n) is 9.66. The van der Waals surface area contributed by atoms with Gasteiger partial charge in [0.15, 0.2) is 0 Å². The van der Waals surface area contributed by atoms with Gasteiger partial charge in [0, 0.05) is 16.3 Å². The van der Waals surface area contributed by atoms with E-state index in [4.69, 9.17) is 0 Å². The van der Waals surface area contributed by atoms with E-state index in [-0.39, 0.29) is 23.8 Å². The summed E-state index contributed by atoms with van der Waals surface area (Å²) in [6.07, 6.45) is 1.55. The summed E-state index contributed by atoms with van der Waals surface area (Å²) in [6.45, 7) is 0.383. The lowest BCUT2D eigenvalue weighted by Crippen LogP contribution is -2.30. The highest BCUT2D eigenvalue weighted by atomic mass is 79.9. The molecule has 0 unspecified atom stereocenters. The molecule has 1 aromatic heterocycles. The molecule has 0 fully saturated rings.